The molecule has 1 aromatic carbocycles. The van der Waals surface area contributed by atoms with Gasteiger partial charge in [0.2, 0.25) is 0 Å². The summed E-state index contributed by atoms with van der Waals surface area (Å²) in [4.78, 5) is 9.45. The van der Waals surface area contributed by atoms with Gasteiger partial charge in [0.05, 0.1) is 0 Å². The van der Waals surface area contributed by atoms with Gasteiger partial charge in [-0.2, -0.15) is 0 Å². The van der Waals surface area contributed by atoms with E-state index >= 15 is 0 Å². The van der Waals surface area contributed by atoms with E-state index < -0.39 is 0 Å². The molecule has 4 atom stereocenters. The van der Waals surface area contributed by atoms with Crippen LogP contribution in [0.4, 0.5) is 5.69 Å². The molecule has 3 aliphatic rings. The first-order valence-electron chi connectivity index (χ1n) is 10.3. The van der Waals surface area contributed by atoms with E-state index in [-0.39, 0.29) is 0 Å². The van der Waals surface area contributed by atoms with Crippen molar-refractivity contribution >= 4 is 11.3 Å². The van der Waals surface area contributed by atoms with Gasteiger partial charge in [-0.3, -0.25) is 4.98 Å². The summed E-state index contributed by atoms with van der Waals surface area (Å²) in [6.07, 6.45) is 10.3. The number of likely N-dealkylation sites (N-methyl/N-ethyl adjacent to an activating group) is 1. The summed E-state index contributed by atoms with van der Waals surface area (Å²) in [6.45, 7) is 5.64. The number of nitrogens with zero attached hydrogens (tertiary/aromatic N) is 3. The second-order valence-electron chi connectivity index (χ2n) is 8.72. The number of pyridine rings is 1. The molecule has 0 radical (unpaired) electrons. The number of hydrogen-bond acceptors (Lipinski definition) is 3. The summed E-state index contributed by atoms with van der Waals surface area (Å²) in [7, 11) is 2.34. The van der Waals surface area contributed by atoms with Crippen molar-refractivity contribution in [3.05, 3.63) is 65.6 Å². The Morgan fingerprint density at radius 2 is 1.96 bits per heavy atom. The Balaban J connectivity index is 1.61. The summed E-state index contributed by atoms with van der Waals surface area (Å²) in [5, 5.41) is 0. The molecule has 27 heavy (non-hydrogen) atoms. The molecule has 0 N–H and O–H groups in total. The highest BCUT2D eigenvalue weighted by molar-refractivity contribution is 5.72. The first-order chi connectivity index (χ1) is 13.1. The second-order valence-corrected chi connectivity index (χ2v) is 8.72. The molecule has 3 heteroatoms. The fourth-order valence-electron chi connectivity index (χ4n) is 5.87. The van der Waals surface area contributed by atoms with Crippen molar-refractivity contribution in [2.24, 2.45) is 5.92 Å². The van der Waals surface area contributed by atoms with Crippen molar-refractivity contribution in [3.8, 4) is 0 Å². The number of benzene rings is 1. The molecule has 0 spiro atoms. The Hall–Kier alpha value is -2.13. The van der Waals surface area contributed by atoms with Gasteiger partial charge in [0.15, 0.2) is 0 Å². The maximum Gasteiger partial charge on any atom is 0.0461 e. The first-order valence-corrected chi connectivity index (χ1v) is 10.3. The lowest BCUT2D eigenvalue weighted by Crippen LogP contribution is -2.53. The fourth-order valence-corrected chi connectivity index (χ4v) is 5.87. The molecule has 1 saturated heterocycles. The predicted octanol–water partition coefficient (Wildman–Crippen LogP) is 4.84. The highest BCUT2D eigenvalue weighted by atomic mass is 15.3. The second kappa shape index (κ2) is 6.49. The molecule has 0 bridgehead atoms. The Morgan fingerprint density at radius 1 is 1.15 bits per heavy atom. The standard InChI is InChI=1S/C24H29N3/c1-16-7-8-23-20(13-16)21-15-26(3)22-6-4-5-19(22)24(21)27(23)14-17(2)18-9-11-25-12-10-18/h7-14,19,21-22,24H,4-6,15H2,1-3H3/b17-14+. The number of aromatic nitrogens is 1. The largest absolute Gasteiger partial charge is 0.343 e. The number of hydrogen-bond donors (Lipinski definition) is 0. The maximum absolute atomic E-state index is 4.18. The lowest BCUT2D eigenvalue weighted by Gasteiger charge is -2.45. The molecular weight excluding hydrogens is 330 g/mol. The van der Waals surface area contributed by atoms with Gasteiger partial charge in [0.25, 0.3) is 0 Å². The third-order valence-corrected chi connectivity index (χ3v) is 7.08. The normalized spacial score (nSPS) is 30.2. The van der Waals surface area contributed by atoms with Gasteiger partial charge in [-0.05, 0) is 74.6 Å². The van der Waals surface area contributed by atoms with Crippen LogP contribution in [-0.2, 0) is 0 Å². The lowest BCUT2D eigenvalue weighted by molar-refractivity contribution is 0.112. The zero-order valence-electron chi connectivity index (χ0n) is 16.6. The van der Waals surface area contributed by atoms with Crippen molar-refractivity contribution in [3.63, 3.8) is 0 Å². The summed E-state index contributed by atoms with van der Waals surface area (Å²) in [5.74, 6) is 1.38. The van der Waals surface area contributed by atoms with Gasteiger partial charge in [-0.1, -0.05) is 24.1 Å². The number of aryl methyl sites for hydroxylation is 1. The third kappa shape index (κ3) is 2.71. The minimum absolute atomic E-state index is 0.599. The van der Waals surface area contributed by atoms with E-state index in [0.29, 0.717) is 12.0 Å². The van der Waals surface area contributed by atoms with Crippen LogP contribution < -0.4 is 4.90 Å². The van der Waals surface area contributed by atoms with E-state index in [1.807, 2.05) is 12.4 Å². The van der Waals surface area contributed by atoms with Crippen LogP contribution in [0.3, 0.4) is 0 Å². The van der Waals surface area contributed by atoms with Crippen molar-refractivity contribution in [1.29, 1.82) is 0 Å². The van der Waals surface area contributed by atoms with Gasteiger partial charge in [-0.25, -0.2) is 0 Å². The van der Waals surface area contributed by atoms with E-state index in [2.05, 4.69) is 72.2 Å². The van der Waals surface area contributed by atoms with Gasteiger partial charge in [-0.15, -0.1) is 0 Å². The smallest absolute Gasteiger partial charge is 0.0461 e. The van der Waals surface area contributed by atoms with Crippen molar-refractivity contribution < 1.29 is 0 Å². The zero-order valence-corrected chi connectivity index (χ0v) is 16.6. The number of fused-ring (bicyclic) bond motifs is 5. The number of anilines is 1. The summed E-state index contributed by atoms with van der Waals surface area (Å²) < 4.78 is 0. The van der Waals surface area contributed by atoms with Crippen molar-refractivity contribution in [2.45, 2.75) is 51.1 Å². The monoisotopic (exact) mass is 359 g/mol. The van der Waals surface area contributed by atoms with E-state index in [1.165, 1.54) is 48.2 Å². The number of likely N-dealkylation sites (tertiary alicyclic amines) is 1. The number of rotatable bonds is 2. The predicted molar refractivity (Wildman–Crippen MR) is 112 cm³/mol. The highest BCUT2D eigenvalue weighted by Crippen LogP contribution is 2.52. The number of piperidine rings is 1. The summed E-state index contributed by atoms with van der Waals surface area (Å²) >= 11 is 0. The molecule has 0 amide bonds. The molecule has 3 heterocycles. The van der Waals surface area contributed by atoms with E-state index in [1.54, 1.807) is 5.56 Å². The molecule has 1 aromatic heterocycles. The third-order valence-electron chi connectivity index (χ3n) is 7.08. The van der Waals surface area contributed by atoms with E-state index in [9.17, 15) is 0 Å². The zero-order chi connectivity index (χ0) is 18.5. The maximum atomic E-state index is 4.18. The Kier molecular flexibility index (Phi) is 4.08. The van der Waals surface area contributed by atoms with Crippen molar-refractivity contribution in [1.82, 2.24) is 9.88 Å². The average molecular weight is 360 g/mol. The molecule has 1 saturated carbocycles. The van der Waals surface area contributed by atoms with Crippen LogP contribution in [0.2, 0.25) is 0 Å². The molecule has 140 valence electrons. The van der Waals surface area contributed by atoms with Crippen molar-refractivity contribution in [2.75, 3.05) is 18.5 Å². The molecule has 1 aliphatic carbocycles. The van der Waals surface area contributed by atoms with Crippen LogP contribution >= 0.6 is 0 Å². The van der Waals surface area contributed by atoms with Crippen LogP contribution in [0.25, 0.3) is 5.57 Å². The molecule has 2 aliphatic heterocycles. The molecule has 5 rings (SSSR count). The SMILES string of the molecule is C/C(=C\N1c2ccc(C)cc2C2CN(C)C3CCCC3C21)c1ccncc1. The van der Waals surface area contributed by atoms with Crippen LogP contribution in [0.15, 0.2) is 48.9 Å². The topological polar surface area (TPSA) is 19.4 Å². The molecule has 4 unspecified atom stereocenters. The summed E-state index contributed by atoms with van der Waals surface area (Å²) in [6, 6.07) is 12.6. The quantitative estimate of drug-likeness (QED) is 0.765. The molecule has 3 nitrogen and oxygen atoms in total. The van der Waals surface area contributed by atoms with Crippen LogP contribution in [-0.4, -0.2) is 35.6 Å². The Bertz CT molecular complexity index is 872. The van der Waals surface area contributed by atoms with Crippen LogP contribution in [0.5, 0.6) is 0 Å². The van der Waals surface area contributed by atoms with Gasteiger partial charge in [0.1, 0.15) is 0 Å². The van der Waals surface area contributed by atoms with Gasteiger partial charge < -0.3 is 9.80 Å². The molecular formula is C24H29N3. The first kappa shape index (κ1) is 17.0. The minimum Gasteiger partial charge on any atom is -0.343 e. The number of allylic oxidation sites excluding steroid dienone is 1. The highest BCUT2D eigenvalue weighted by Gasteiger charge is 2.51. The Labute approximate surface area is 162 Å². The Morgan fingerprint density at radius 3 is 2.78 bits per heavy atom. The van der Waals surface area contributed by atoms with E-state index in [0.717, 1.165) is 12.0 Å². The van der Waals surface area contributed by atoms with Crippen LogP contribution in [0.1, 0.15) is 48.8 Å². The average Bonchev–Trinajstić information content (AvgIpc) is 3.27. The molecule has 2 fully saturated rings. The van der Waals surface area contributed by atoms with Gasteiger partial charge in [0, 0.05) is 48.8 Å². The fraction of sp³-hybridized carbons (Fsp3) is 0.458. The summed E-state index contributed by atoms with van der Waals surface area (Å²) in [5.41, 5.74) is 6.93. The minimum atomic E-state index is 0.599. The molecule has 2 aromatic rings. The van der Waals surface area contributed by atoms with Crippen LogP contribution in [0, 0.1) is 12.8 Å². The lowest BCUT2D eigenvalue weighted by atomic mass is 9.78. The van der Waals surface area contributed by atoms with E-state index in [4.69, 9.17) is 0 Å². The van der Waals surface area contributed by atoms with Gasteiger partial charge >= 0.3 is 0 Å².